The summed E-state index contributed by atoms with van der Waals surface area (Å²) in [7, 11) is 9.33. The molecule has 4 unspecified atom stereocenters. The first kappa shape index (κ1) is 26.1. The van der Waals surface area contributed by atoms with Gasteiger partial charge in [-0.2, -0.15) is 0 Å². The number of hydrogen-bond donors (Lipinski definition) is 2. The highest BCUT2D eigenvalue weighted by molar-refractivity contribution is 7.92. The number of thiol groups is 2. The molecule has 0 fully saturated rings. The second-order valence-electron chi connectivity index (χ2n) is 7.92. The van der Waals surface area contributed by atoms with Crippen LogP contribution in [0.1, 0.15) is 54.4 Å². The van der Waals surface area contributed by atoms with E-state index < -0.39 is 0 Å². The van der Waals surface area contributed by atoms with Gasteiger partial charge in [-0.1, -0.05) is 0 Å². The summed E-state index contributed by atoms with van der Waals surface area (Å²) in [5.41, 5.74) is 8.27. The summed E-state index contributed by atoms with van der Waals surface area (Å²) < 4.78 is 12.6. The van der Waals surface area contributed by atoms with Gasteiger partial charge in [0.2, 0.25) is 0 Å². The maximum absolute atomic E-state index is 6.29. The van der Waals surface area contributed by atoms with E-state index in [0.717, 1.165) is 53.4 Å². The van der Waals surface area contributed by atoms with Gasteiger partial charge in [-0.05, 0) is 85.8 Å². The number of benzene rings is 2. The molecule has 1 aliphatic heterocycles. The zero-order chi connectivity index (χ0) is 22.4. The standard InChI is InChI=1S/C23H26O2S2.2H4P2/c26-20-12-18-22(16-8-3-1-6-14(16)20)23-17-9-4-2-7-15(17)21(27)13-19(23)25-11-5-10-24-18;2*1-2/h12-13,26-27H,1-11H2;2*1-2H2. The maximum Gasteiger partial charge on any atom is 0.128 e. The van der Waals surface area contributed by atoms with Gasteiger partial charge in [-0.15, -0.1) is 61.0 Å². The molecule has 170 valence electrons. The summed E-state index contributed by atoms with van der Waals surface area (Å²) in [4.78, 5) is 2.18. The molecule has 1 heterocycles. The lowest BCUT2D eigenvalue weighted by atomic mass is 9.80. The van der Waals surface area contributed by atoms with E-state index in [-0.39, 0.29) is 0 Å². The summed E-state index contributed by atoms with van der Waals surface area (Å²) in [5.74, 6) is 1.99. The minimum atomic E-state index is 0.683. The van der Waals surface area contributed by atoms with E-state index in [9.17, 15) is 0 Å². The molecule has 5 rings (SSSR count). The Morgan fingerprint density at radius 3 is 1.29 bits per heavy atom. The predicted molar refractivity (Wildman–Crippen MR) is 154 cm³/mol. The normalized spacial score (nSPS) is 16.5. The molecule has 0 N–H and O–H groups in total. The quantitative estimate of drug-likeness (QED) is 0.278. The van der Waals surface area contributed by atoms with Crippen LogP contribution in [0.15, 0.2) is 21.9 Å². The molecule has 0 radical (unpaired) electrons. The largest absolute Gasteiger partial charge is 0.493 e. The first-order valence-corrected chi connectivity index (χ1v) is 17.1. The molecule has 0 amide bonds. The third-order valence-corrected chi connectivity index (χ3v) is 7.04. The van der Waals surface area contributed by atoms with Gasteiger partial charge in [0.05, 0.1) is 13.2 Å². The second-order valence-corrected chi connectivity index (χ2v) is 8.88. The molecule has 2 aliphatic carbocycles. The van der Waals surface area contributed by atoms with Crippen molar-refractivity contribution >= 4 is 61.0 Å². The van der Waals surface area contributed by atoms with E-state index in [1.54, 1.807) is 0 Å². The number of hydrogen-bond acceptors (Lipinski definition) is 4. The minimum Gasteiger partial charge on any atom is -0.493 e. The monoisotopic (exact) mass is 530 g/mol. The summed E-state index contributed by atoms with van der Waals surface area (Å²) in [5, 5.41) is 0. The number of ether oxygens (including phenoxy) is 2. The first-order chi connectivity index (χ1) is 15.2. The molecule has 0 bridgehead atoms. The van der Waals surface area contributed by atoms with E-state index >= 15 is 0 Å². The number of rotatable bonds is 0. The van der Waals surface area contributed by atoms with Gasteiger partial charge in [0.15, 0.2) is 0 Å². The highest BCUT2D eigenvalue weighted by Crippen LogP contribution is 2.49. The van der Waals surface area contributed by atoms with Gasteiger partial charge in [-0.3, -0.25) is 0 Å². The third-order valence-electron chi connectivity index (χ3n) is 6.24. The van der Waals surface area contributed by atoms with Gasteiger partial charge in [-0.25, -0.2) is 0 Å². The van der Waals surface area contributed by atoms with Gasteiger partial charge in [0, 0.05) is 27.3 Å². The van der Waals surface area contributed by atoms with Crippen LogP contribution in [0, 0.1) is 0 Å². The van der Waals surface area contributed by atoms with E-state index in [1.165, 1.54) is 59.1 Å². The highest BCUT2D eigenvalue weighted by atomic mass is 32.1. The minimum absolute atomic E-state index is 0.683. The van der Waals surface area contributed by atoms with Crippen LogP contribution in [-0.2, 0) is 25.7 Å². The molecule has 4 atom stereocenters. The molecule has 0 saturated heterocycles. The lowest BCUT2D eigenvalue weighted by molar-refractivity contribution is 0.251. The average Bonchev–Trinajstić information content (AvgIpc) is 2.91. The molecule has 2 aromatic rings. The van der Waals surface area contributed by atoms with E-state index in [2.05, 4.69) is 47.8 Å². The van der Waals surface area contributed by atoms with E-state index in [0.29, 0.717) is 13.2 Å². The van der Waals surface area contributed by atoms with Gasteiger partial charge in [0.25, 0.3) is 0 Å². The maximum atomic E-state index is 6.29. The van der Waals surface area contributed by atoms with Crippen molar-refractivity contribution < 1.29 is 9.47 Å². The van der Waals surface area contributed by atoms with Crippen LogP contribution in [0.25, 0.3) is 11.1 Å². The van der Waals surface area contributed by atoms with Crippen molar-refractivity contribution in [2.75, 3.05) is 13.2 Å². The molecule has 0 spiro atoms. The third kappa shape index (κ3) is 5.59. The predicted octanol–water partition coefficient (Wildman–Crippen LogP) is 7.15. The van der Waals surface area contributed by atoms with Crippen LogP contribution in [0.5, 0.6) is 11.5 Å². The molecule has 0 aromatic heterocycles. The summed E-state index contributed by atoms with van der Waals surface area (Å²) in [6, 6.07) is 4.31. The fourth-order valence-electron chi connectivity index (χ4n) is 4.99. The smallest absolute Gasteiger partial charge is 0.128 e. The van der Waals surface area contributed by atoms with Crippen molar-refractivity contribution in [3.63, 3.8) is 0 Å². The zero-order valence-corrected chi connectivity index (χ0v) is 24.4. The van der Waals surface area contributed by atoms with Crippen molar-refractivity contribution in [2.24, 2.45) is 0 Å². The Balaban J connectivity index is 0.000000645. The molecular weight excluding hydrogens is 496 g/mol. The lowest BCUT2D eigenvalue weighted by Crippen LogP contribution is -2.12. The Hall–Kier alpha value is 0.460. The second kappa shape index (κ2) is 12.8. The molecular formula is C23H34O2P4S2. The van der Waals surface area contributed by atoms with Gasteiger partial charge >= 0.3 is 0 Å². The van der Waals surface area contributed by atoms with Crippen LogP contribution >= 0.6 is 61.0 Å². The summed E-state index contributed by atoms with van der Waals surface area (Å²) in [6.45, 7) is 1.37. The molecule has 2 aromatic carbocycles. The van der Waals surface area contributed by atoms with Crippen LogP contribution in [0.2, 0.25) is 0 Å². The van der Waals surface area contributed by atoms with Crippen molar-refractivity contribution in [2.45, 2.75) is 67.6 Å². The Kier molecular flexibility index (Phi) is 10.8. The Morgan fingerprint density at radius 1 is 0.548 bits per heavy atom. The van der Waals surface area contributed by atoms with Crippen LogP contribution in [0.4, 0.5) is 0 Å². The highest BCUT2D eigenvalue weighted by Gasteiger charge is 2.29. The SMILES string of the molecule is PP.PP.Sc1cc2c(c3c1CCCC3)-c1c(cc(S)c3c1CCCC3)OCCCO2. The van der Waals surface area contributed by atoms with E-state index in [4.69, 9.17) is 34.7 Å². The summed E-state index contributed by atoms with van der Waals surface area (Å²) in [6.07, 6.45) is 10.3. The average molecular weight is 531 g/mol. The lowest BCUT2D eigenvalue weighted by Gasteiger charge is -2.28. The summed E-state index contributed by atoms with van der Waals surface area (Å²) >= 11 is 9.64. The van der Waals surface area contributed by atoms with Gasteiger partial charge < -0.3 is 9.47 Å². The zero-order valence-electron chi connectivity index (χ0n) is 18.0. The number of fused-ring (bicyclic) bond motifs is 7. The Labute approximate surface area is 207 Å². The fraction of sp³-hybridized carbons (Fsp3) is 0.478. The molecule has 31 heavy (non-hydrogen) atoms. The first-order valence-electron chi connectivity index (χ1n) is 10.9. The molecule has 8 heteroatoms. The van der Waals surface area contributed by atoms with Crippen molar-refractivity contribution in [1.82, 2.24) is 0 Å². The van der Waals surface area contributed by atoms with Crippen LogP contribution in [-0.4, -0.2) is 13.2 Å². The van der Waals surface area contributed by atoms with Gasteiger partial charge in [0.1, 0.15) is 11.5 Å². The van der Waals surface area contributed by atoms with E-state index in [1.807, 2.05) is 0 Å². The van der Waals surface area contributed by atoms with Crippen LogP contribution in [0.3, 0.4) is 0 Å². The molecule has 0 saturated carbocycles. The molecule has 3 aliphatic rings. The fourth-order valence-corrected chi connectivity index (χ4v) is 5.72. The topological polar surface area (TPSA) is 18.5 Å². The van der Waals surface area contributed by atoms with Crippen molar-refractivity contribution in [1.29, 1.82) is 0 Å². The Bertz CT molecular complexity index is 848. The van der Waals surface area contributed by atoms with Crippen LogP contribution < -0.4 is 9.47 Å². The van der Waals surface area contributed by atoms with Crippen molar-refractivity contribution in [3.8, 4) is 22.6 Å². The van der Waals surface area contributed by atoms with Crippen molar-refractivity contribution in [3.05, 3.63) is 34.4 Å². The Morgan fingerprint density at radius 2 is 0.903 bits per heavy atom. The molecule has 2 nitrogen and oxygen atoms in total.